The highest BCUT2D eigenvalue weighted by Gasteiger charge is 2.35. The molecule has 1 saturated heterocycles. The molecule has 6 heteroatoms. The van der Waals surface area contributed by atoms with Crippen LogP contribution in [0.3, 0.4) is 0 Å². The molecule has 1 amide bonds. The van der Waals surface area contributed by atoms with E-state index in [-0.39, 0.29) is 5.41 Å². The molecule has 0 atom stereocenters. The lowest BCUT2D eigenvalue weighted by atomic mass is 9.78. The Morgan fingerprint density at radius 3 is 2.41 bits per heavy atom. The van der Waals surface area contributed by atoms with Gasteiger partial charge in [0.05, 0.1) is 11.5 Å². The molecule has 1 aromatic carbocycles. The first-order valence-corrected chi connectivity index (χ1v) is 9.45. The Balaban J connectivity index is 1.84. The van der Waals surface area contributed by atoms with E-state index in [1.807, 2.05) is 0 Å². The third-order valence-electron chi connectivity index (χ3n) is 4.14. The number of piperidine rings is 1. The number of carbonyl (C=O) groups is 1. The summed E-state index contributed by atoms with van der Waals surface area (Å²) in [6.45, 7) is 0.936. The van der Waals surface area contributed by atoms with Gasteiger partial charge in [-0.05, 0) is 55.5 Å². The van der Waals surface area contributed by atoms with E-state index in [9.17, 15) is 10.1 Å². The second-order valence-electron chi connectivity index (χ2n) is 5.44. The number of nitriles is 1. The number of likely N-dealkylation sites (tertiary alicyclic amines) is 1. The van der Waals surface area contributed by atoms with Gasteiger partial charge in [0.25, 0.3) is 0 Å². The van der Waals surface area contributed by atoms with E-state index in [4.69, 9.17) is 5.11 Å². The van der Waals surface area contributed by atoms with Crippen LogP contribution in [0.4, 0.5) is 4.79 Å². The molecule has 22 heavy (non-hydrogen) atoms. The van der Waals surface area contributed by atoms with Gasteiger partial charge in [-0.1, -0.05) is 0 Å². The summed E-state index contributed by atoms with van der Waals surface area (Å²) < 4.78 is 0. The molecule has 1 aliphatic heterocycles. The van der Waals surface area contributed by atoms with Crippen molar-refractivity contribution < 1.29 is 9.90 Å². The molecule has 1 N–H and O–H groups in total. The zero-order chi connectivity index (χ0) is 16.0. The van der Waals surface area contributed by atoms with Crippen LogP contribution in [-0.2, 0) is 0 Å². The van der Waals surface area contributed by atoms with Crippen molar-refractivity contribution in [2.45, 2.75) is 29.1 Å². The number of thioether (sulfide) groups is 2. The van der Waals surface area contributed by atoms with Gasteiger partial charge in [0.1, 0.15) is 0 Å². The average Bonchev–Trinajstić information content (AvgIpc) is 2.56. The van der Waals surface area contributed by atoms with Crippen LogP contribution >= 0.6 is 23.5 Å². The largest absolute Gasteiger partial charge is 0.465 e. The van der Waals surface area contributed by atoms with E-state index in [2.05, 4.69) is 36.6 Å². The maximum absolute atomic E-state index is 10.9. The number of amides is 1. The van der Waals surface area contributed by atoms with Crippen molar-refractivity contribution in [1.82, 2.24) is 4.90 Å². The molecule has 0 spiro atoms. The van der Waals surface area contributed by atoms with Crippen molar-refractivity contribution in [1.29, 1.82) is 5.26 Å². The maximum atomic E-state index is 10.9. The molecule has 0 aliphatic carbocycles. The number of carboxylic acid groups (broad SMARTS) is 1. The Hall–Kier alpha value is -1.32. The zero-order valence-electron chi connectivity index (χ0n) is 12.6. The Morgan fingerprint density at radius 2 is 1.91 bits per heavy atom. The van der Waals surface area contributed by atoms with Crippen molar-refractivity contribution >= 4 is 29.6 Å². The highest BCUT2D eigenvalue weighted by atomic mass is 32.2. The highest BCUT2D eigenvalue weighted by Crippen LogP contribution is 2.36. The van der Waals surface area contributed by atoms with E-state index in [0.717, 1.165) is 12.2 Å². The standard InChI is InChI=1S/C16H20N2O2S2/c1-21-13-2-4-14(5-3-13)22-11-8-16(12-17)6-9-18(10-7-16)15(19)20/h2-5H,6-11H2,1H3,(H,19,20). The second-order valence-corrected chi connectivity index (χ2v) is 7.48. The van der Waals surface area contributed by atoms with Gasteiger partial charge < -0.3 is 10.0 Å². The van der Waals surface area contributed by atoms with Crippen LogP contribution in [0, 0.1) is 16.7 Å². The van der Waals surface area contributed by atoms with Crippen molar-refractivity contribution in [3.63, 3.8) is 0 Å². The lowest BCUT2D eigenvalue weighted by Gasteiger charge is -2.35. The third-order valence-corrected chi connectivity index (χ3v) is 5.89. The van der Waals surface area contributed by atoms with Crippen molar-refractivity contribution in [2.75, 3.05) is 25.1 Å². The number of nitrogens with zero attached hydrogens (tertiary/aromatic N) is 2. The number of hydrogen-bond donors (Lipinski definition) is 1. The molecule has 1 heterocycles. The number of hydrogen-bond acceptors (Lipinski definition) is 4. The van der Waals surface area contributed by atoms with Crippen molar-refractivity contribution in [3.05, 3.63) is 24.3 Å². The molecule has 0 saturated carbocycles. The molecule has 1 aliphatic rings. The van der Waals surface area contributed by atoms with E-state index >= 15 is 0 Å². The van der Waals surface area contributed by atoms with Crippen LogP contribution in [0.2, 0.25) is 0 Å². The Bertz CT molecular complexity index is 546. The smallest absolute Gasteiger partial charge is 0.407 e. The quantitative estimate of drug-likeness (QED) is 0.817. The van der Waals surface area contributed by atoms with Gasteiger partial charge in [0.15, 0.2) is 0 Å². The van der Waals surface area contributed by atoms with Crippen LogP contribution in [-0.4, -0.2) is 41.2 Å². The van der Waals surface area contributed by atoms with Gasteiger partial charge in [0.2, 0.25) is 0 Å². The fraction of sp³-hybridized carbons (Fsp3) is 0.500. The monoisotopic (exact) mass is 336 g/mol. The summed E-state index contributed by atoms with van der Waals surface area (Å²) in [6, 6.07) is 10.9. The van der Waals surface area contributed by atoms with Gasteiger partial charge in [0, 0.05) is 22.9 Å². The fourth-order valence-electron chi connectivity index (χ4n) is 2.58. The van der Waals surface area contributed by atoms with Gasteiger partial charge in [-0.3, -0.25) is 0 Å². The molecule has 1 fully saturated rings. The van der Waals surface area contributed by atoms with Gasteiger partial charge in [-0.2, -0.15) is 5.26 Å². The second kappa shape index (κ2) is 7.80. The molecule has 0 radical (unpaired) electrons. The van der Waals surface area contributed by atoms with Gasteiger partial charge in [-0.15, -0.1) is 23.5 Å². The predicted octanol–water partition coefficient (Wildman–Crippen LogP) is 4.17. The van der Waals surface area contributed by atoms with Crippen molar-refractivity contribution in [2.24, 2.45) is 5.41 Å². The SMILES string of the molecule is CSc1ccc(SCCC2(C#N)CCN(C(=O)O)CC2)cc1. The summed E-state index contributed by atoms with van der Waals surface area (Å²) in [5.74, 6) is 0.888. The topological polar surface area (TPSA) is 64.3 Å². The molecule has 4 nitrogen and oxygen atoms in total. The first-order valence-electron chi connectivity index (χ1n) is 7.24. The summed E-state index contributed by atoms with van der Waals surface area (Å²) >= 11 is 3.49. The summed E-state index contributed by atoms with van der Waals surface area (Å²) in [4.78, 5) is 14.8. The maximum Gasteiger partial charge on any atom is 0.407 e. The van der Waals surface area contributed by atoms with E-state index in [1.54, 1.807) is 23.5 Å². The molecule has 0 aromatic heterocycles. The number of benzene rings is 1. The number of rotatable bonds is 5. The highest BCUT2D eigenvalue weighted by molar-refractivity contribution is 7.99. The van der Waals surface area contributed by atoms with Gasteiger partial charge in [-0.25, -0.2) is 4.79 Å². The lowest BCUT2D eigenvalue weighted by Crippen LogP contribution is -2.42. The molecule has 1 aromatic rings. The van der Waals surface area contributed by atoms with Crippen LogP contribution < -0.4 is 0 Å². The molecule has 0 unspecified atom stereocenters. The van der Waals surface area contributed by atoms with Gasteiger partial charge >= 0.3 is 6.09 Å². The first-order chi connectivity index (χ1) is 10.6. The Labute approximate surface area is 139 Å². The minimum absolute atomic E-state index is 0.363. The minimum atomic E-state index is -0.880. The normalized spacial score (nSPS) is 17.0. The Kier molecular flexibility index (Phi) is 6.04. The minimum Gasteiger partial charge on any atom is -0.465 e. The van der Waals surface area contributed by atoms with E-state index in [1.165, 1.54) is 14.7 Å². The van der Waals surface area contributed by atoms with Crippen LogP contribution in [0.15, 0.2) is 34.1 Å². The van der Waals surface area contributed by atoms with Crippen LogP contribution in [0.25, 0.3) is 0 Å². The molecule has 2 rings (SSSR count). The molecular formula is C16H20N2O2S2. The summed E-state index contributed by atoms with van der Waals surface area (Å²) in [5.41, 5.74) is -0.363. The van der Waals surface area contributed by atoms with Crippen LogP contribution in [0.1, 0.15) is 19.3 Å². The summed E-state index contributed by atoms with van der Waals surface area (Å²) in [5, 5.41) is 18.5. The summed E-state index contributed by atoms with van der Waals surface area (Å²) in [6.07, 6.45) is 3.27. The van der Waals surface area contributed by atoms with E-state index < -0.39 is 6.09 Å². The first kappa shape index (κ1) is 17.0. The lowest BCUT2D eigenvalue weighted by molar-refractivity contribution is 0.109. The average molecular weight is 336 g/mol. The molecule has 118 valence electrons. The zero-order valence-corrected chi connectivity index (χ0v) is 14.3. The molecule has 0 bridgehead atoms. The molecular weight excluding hydrogens is 316 g/mol. The Morgan fingerprint density at radius 1 is 1.32 bits per heavy atom. The predicted molar refractivity (Wildman–Crippen MR) is 90.4 cm³/mol. The fourth-order valence-corrected chi connectivity index (χ4v) is 4.05. The third kappa shape index (κ3) is 4.34. The van der Waals surface area contributed by atoms with Crippen molar-refractivity contribution in [3.8, 4) is 6.07 Å². The van der Waals surface area contributed by atoms with E-state index in [0.29, 0.717) is 25.9 Å². The summed E-state index contributed by atoms with van der Waals surface area (Å²) in [7, 11) is 0. The van der Waals surface area contributed by atoms with Crippen LogP contribution in [0.5, 0.6) is 0 Å².